The van der Waals surface area contributed by atoms with Crippen LogP contribution < -0.4 is 10.2 Å². The summed E-state index contributed by atoms with van der Waals surface area (Å²) in [5, 5.41) is 11.6. The van der Waals surface area contributed by atoms with Crippen molar-refractivity contribution in [2.24, 2.45) is 0 Å². The molecule has 1 saturated heterocycles. The van der Waals surface area contributed by atoms with Gasteiger partial charge in [-0.05, 0) is 12.1 Å². The van der Waals surface area contributed by atoms with Crippen molar-refractivity contribution in [2.75, 3.05) is 24.5 Å². The van der Waals surface area contributed by atoms with E-state index in [1.54, 1.807) is 23.1 Å². The number of piperazine rings is 1. The van der Waals surface area contributed by atoms with E-state index in [0.717, 1.165) is 6.54 Å². The van der Waals surface area contributed by atoms with Crippen LogP contribution in [0.4, 0.5) is 5.82 Å². The Morgan fingerprint density at radius 3 is 3.06 bits per heavy atom. The van der Waals surface area contributed by atoms with Gasteiger partial charge in [-0.15, -0.1) is 0 Å². The first-order valence-electron chi connectivity index (χ1n) is 5.85. The minimum absolute atomic E-state index is 0.0101. The molecule has 0 atom stereocenters. The van der Waals surface area contributed by atoms with Crippen LogP contribution in [0.3, 0.4) is 0 Å². The third kappa shape index (κ3) is 3.04. The second-order valence-corrected chi connectivity index (χ2v) is 4.10. The predicted molar refractivity (Wildman–Crippen MR) is 65.4 cm³/mol. The molecule has 2 rings (SSSR count). The molecule has 1 aromatic rings. The molecule has 2 N–H and O–H groups in total. The fourth-order valence-electron chi connectivity index (χ4n) is 1.84. The van der Waals surface area contributed by atoms with Crippen LogP contribution in [-0.4, -0.2) is 41.6 Å². The number of aliphatic carboxylic acids is 1. The first-order valence-corrected chi connectivity index (χ1v) is 5.85. The van der Waals surface area contributed by atoms with Crippen molar-refractivity contribution in [1.29, 1.82) is 0 Å². The maximum atomic E-state index is 11.7. The number of carbonyl (C=O) groups is 2. The predicted octanol–water partition coefficient (Wildman–Crippen LogP) is 0.0350. The quantitative estimate of drug-likeness (QED) is 0.787. The topological polar surface area (TPSA) is 82.5 Å². The Morgan fingerprint density at radius 2 is 2.33 bits per heavy atom. The third-order valence-electron chi connectivity index (χ3n) is 2.75. The smallest absolute Gasteiger partial charge is 0.303 e. The second-order valence-electron chi connectivity index (χ2n) is 4.10. The Bertz CT molecular complexity index is 462. The summed E-state index contributed by atoms with van der Waals surface area (Å²) in [4.78, 5) is 28.2. The zero-order valence-corrected chi connectivity index (χ0v) is 9.93. The van der Waals surface area contributed by atoms with E-state index in [9.17, 15) is 9.59 Å². The van der Waals surface area contributed by atoms with Crippen molar-refractivity contribution in [3.05, 3.63) is 23.9 Å². The molecular formula is C12H15N3O3. The van der Waals surface area contributed by atoms with E-state index in [1.165, 1.54) is 0 Å². The molecule has 1 fully saturated rings. The number of carbonyl (C=O) groups excluding carboxylic acids is 1. The van der Waals surface area contributed by atoms with Crippen LogP contribution in [0.2, 0.25) is 0 Å². The van der Waals surface area contributed by atoms with E-state index >= 15 is 0 Å². The van der Waals surface area contributed by atoms with Crippen LogP contribution in [0, 0.1) is 0 Å². The van der Waals surface area contributed by atoms with E-state index < -0.39 is 5.97 Å². The maximum Gasteiger partial charge on any atom is 0.303 e. The number of amides is 1. The summed E-state index contributed by atoms with van der Waals surface area (Å²) in [6.07, 6.45) is 0.426. The molecule has 1 aromatic heterocycles. The average Bonchev–Trinajstić information content (AvgIpc) is 2.37. The highest BCUT2D eigenvalue weighted by Gasteiger charge is 2.20. The Labute approximate surface area is 105 Å². The average molecular weight is 249 g/mol. The Hall–Kier alpha value is -1.95. The maximum absolute atomic E-state index is 11.7. The van der Waals surface area contributed by atoms with Gasteiger partial charge in [-0.2, -0.15) is 0 Å². The minimum atomic E-state index is -0.847. The Balaban J connectivity index is 2.10. The fraction of sp³-hybridized carbons (Fsp3) is 0.417. The summed E-state index contributed by atoms with van der Waals surface area (Å²) >= 11 is 0. The lowest BCUT2D eigenvalue weighted by molar-refractivity contribution is -0.137. The molecule has 0 spiro atoms. The number of pyridine rings is 1. The van der Waals surface area contributed by atoms with Crippen molar-refractivity contribution in [2.45, 2.75) is 12.8 Å². The van der Waals surface area contributed by atoms with Gasteiger partial charge in [-0.25, -0.2) is 4.98 Å². The van der Waals surface area contributed by atoms with Crippen molar-refractivity contribution < 1.29 is 14.7 Å². The zero-order chi connectivity index (χ0) is 13.0. The third-order valence-corrected chi connectivity index (χ3v) is 2.75. The highest BCUT2D eigenvalue weighted by atomic mass is 16.4. The summed E-state index contributed by atoms with van der Waals surface area (Å²) in [6, 6.07) is 5.35. The van der Waals surface area contributed by atoms with Crippen molar-refractivity contribution >= 4 is 17.7 Å². The number of rotatable bonds is 4. The Morgan fingerprint density at radius 1 is 1.50 bits per heavy atom. The molecule has 1 aliphatic rings. The van der Waals surface area contributed by atoms with Crippen molar-refractivity contribution in [3.63, 3.8) is 0 Å². The van der Waals surface area contributed by atoms with Crippen LogP contribution in [0.25, 0.3) is 0 Å². The van der Waals surface area contributed by atoms with Gasteiger partial charge < -0.3 is 10.4 Å². The number of aryl methyl sites for hydroxylation is 1. The molecule has 0 unspecified atom stereocenters. The molecule has 0 saturated carbocycles. The summed E-state index contributed by atoms with van der Waals surface area (Å²) in [5.41, 5.74) is 0.696. The van der Waals surface area contributed by atoms with E-state index in [-0.39, 0.29) is 12.3 Å². The number of nitrogens with one attached hydrogen (secondary N) is 1. The highest BCUT2D eigenvalue weighted by molar-refractivity contribution is 5.94. The largest absolute Gasteiger partial charge is 0.481 e. The summed E-state index contributed by atoms with van der Waals surface area (Å²) in [5.74, 6) is -0.256. The van der Waals surface area contributed by atoms with E-state index in [1.807, 2.05) is 0 Å². The first-order chi connectivity index (χ1) is 8.66. The molecule has 6 heteroatoms. The molecule has 0 aliphatic carbocycles. The molecule has 0 radical (unpaired) electrons. The molecule has 1 aliphatic heterocycles. The molecule has 6 nitrogen and oxygen atoms in total. The first kappa shape index (κ1) is 12.5. The van der Waals surface area contributed by atoms with Gasteiger partial charge >= 0.3 is 5.97 Å². The number of hydrogen-bond acceptors (Lipinski definition) is 4. The lowest BCUT2D eigenvalue weighted by Crippen LogP contribution is -2.48. The van der Waals surface area contributed by atoms with E-state index in [4.69, 9.17) is 5.11 Å². The standard InChI is InChI=1S/C12H15N3O3/c16-11-8-13-6-7-15(11)10-3-1-2-9(14-10)4-5-12(17)18/h1-3,13H,4-8H2,(H,17,18). The normalized spacial score (nSPS) is 15.8. The van der Waals surface area contributed by atoms with Crippen molar-refractivity contribution in [1.82, 2.24) is 10.3 Å². The molecule has 2 heterocycles. The highest BCUT2D eigenvalue weighted by Crippen LogP contribution is 2.13. The summed E-state index contributed by atoms with van der Waals surface area (Å²) < 4.78 is 0. The van der Waals surface area contributed by atoms with Gasteiger partial charge in [0.1, 0.15) is 5.82 Å². The van der Waals surface area contributed by atoms with Gasteiger partial charge in [0.25, 0.3) is 0 Å². The number of hydrogen-bond donors (Lipinski definition) is 2. The van der Waals surface area contributed by atoms with Crippen molar-refractivity contribution in [3.8, 4) is 0 Å². The fourth-order valence-corrected chi connectivity index (χ4v) is 1.84. The number of nitrogens with zero attached hydrogens (tertiary/aromatic N) is 2. The zero-order valence-electron chi connectivity index (χ0n) is 9.93. The molecule has 0 bridgehead atoms. The number of anilines is 1. The SMILES string of the molecule is O=C(O)CCc1cccc(N2CCNCC2=O)n1. The summed E-state index contributed by atoms with van der Waals surface area (Å²) in [7, 11) is 0. The van der Waals surface area contributed by atoms with Gasteiger partial charge in [0.05, 0.1) is 13.0 Å². The number of carboxylic acid groups (broad SMARTS) is 1. The van der Waals surface area contributed by atoms with Gasteiger partial charge in [0, 0.05) is 25.2 Å². The van der Waals surface area contributed by atoms with Crippen LogP contribution in [0.1, 0.15) is 12.1 Å². The van der Waals surface area contributed by atoms with E-state index in [2.05, 4.69) is 10.3 Å². The van der Waals surface area contributed by atoms with Crippen LogP contribution in [0.15, 0.2) is 18.2 Å². The molecule has 1 amide bonds. The van der Waals surface area contributed by atoms with Crippen LogP contribution in [0.5, 0.6) is 0 Å². The van der Waals surface area contributed by atoms with Gasteiger partial charge in [-0.3, -0.25) is 14.5 Å². The van der Waals surface area contributed by atoms with Gasteiger partial charge in [0.15, 0.2) is 0 Å². The number of carboxylic acids is 1. The van der Waals surface area contributed by atoms with E-state index in [0.29, 0.717) is 31.0 Å². The minimum Gasteiger partial charge on any atom is -0.481 e. The van der Waals surface area contributed by atoms with Gasteiger partial charge in [0.2, 0.25) is 5.91 Å². The lowest BCUT2D eigenvalue weighted by atomic mass is 10.2. The second kappa shape index (κ2) is 5.59. The van der Waals surface area contributed by atoms with Crippen LogP contribution >= 0.6 is 0 Å². The van der Waals surface area contributed by atoms with Gasteiger partial charge in [-0.1, -0.05) is 6.07 Å². The van der Waals surface area contributed by atoms with Crippen LogP contribution in [-0.2, 0) is 16.0 Å². The lowest BCUT2D eigenvalue weighted by Gasteiger charge is -2.26. The Kier molecular flexibility index (Phi) is 3.88. The molecule has 96 valence electrons. The molecular weight excluding hydrogens is 234 g/mol. The molecule has 0 aromatic carbocycles. The summed E-state index contributed by atoms with van der Waals surface area (Å²) in [6.45, 7) is 1.65. The molecule has 18 heavy (non-hydrogen) atoms. The number of aromatic nitrogens is 1. The monoisotopic (exact) mass is 249 g/mol.